The quantitative estimate of drug-likeness (QED) is 0.204. The number of hydrogen-bond donors (Lipinski definition) is 0. The van der Waals surface area contributed by atoms with Gasteiger partial charge in [0, 0.05) is 22.9 Å². The van der Waals surface area contributed by atoms with Crippen LogP contribution in [0.2, 0.25) is 0 Å². The molecule has 0 bridgehead atoms. The Hall–Kier alpha value is -5.29. The summed E-state index contributed by atoms with van der Waals surface area (Å²) in [6, 6.07) is 22.9. The Balaban J connectivity index is 1.64. The molecule has 1 aliphatic rings. The van der Waals surface area contributed by atoms with Gasteiger partial charge in [0.2, 0.25) is 0 Å². The maximum atomic E-state index is 13.8. The Bertz CT molecular complexity index is 1750. The molecule has 0 radical (unpaired) electrons. The van der Waals surface area contributed by atoms with Gasteiger partial charge in [0.1, 0.15) is 23.2 Å². The molecule has 0 atom stereocenters. The van der Waals surface area contributed by atoms with Crippen molar-refractivity contribution in [2.75, 3.05) is 6.61 Å². The maximum absolute atomic E-state index is 13.8. The number of imide groups is 1. The van der Waals surface area contributed by atoms with Crippen molar-refractivity contribution in [3.8, 4) is 28.8 Å². The van der Waals surface area contributed by atoms with E-state index in [1.807, 2.05) is 74.6 Å². The second-order valence-corrected chi connectivity index (χ2v) is 9.62. The van der Waals surface area contributed by atoms with Crippen LogP contribution < -0.4 is 4.74 Å². The Morgan fingerprint density at radius 2 is 1.73 bits per heavy atom. The largest absolute Gasteiger partial charge is 0.494 e. The number of rotatable bonds is 7. The maximum Gasteiger partial charge on any atom is 0.271 e. The van der Waals surface area contributed by atoms with Gasteiger partial charge < -0.3 is 4.74 Å². The summed E-state index contributed by atoms with van der Waals surface area (Å²) >= 11 is 0. The molecular formula is C33H27FN4O3. The number of amides is 2. The summed E-state index contributed by atoms with van der Waals surface area (Å²) in [7, 11) is 0. The van der Waals surface area contributed by atoms with Crippen molar-refractivity contribution in [1.29, 1.82) is 5.26 Å². The van der Waals surface area contributed by atoms with Crippen LogP contribution in [-0.4, -0.2) is 33.1 Å². The van der Waals surface area contributed by atoms with Crippen LogP contribution >= 0.6 is 0 Å². The standard InChI is InChI=1S/C33H27FN4O3/c1-4-41-30-15-12-24(16-21(30)2)31-25(20-38(36-31)27-8-6-5-7-9-27)17-28-22(3)29(18-35)33(40)37(32(28)39)19-23-10-13-26(34)14-11-23/h5-17,20H,4,19H2,1-3H3/b28-17+. The second kappa shape index (κ2) is 11.4. The highest BCUT2D eigenvalue weighted by molar-refractivity contribution is 6.19. The molecule has 0 N–H and O–H groups in total. The van der Waals surface area contributed by atoms with Crippen LogP contribution in [0.15, 0.2) is 95.7 Å². The number of nitrogens with zero attached hydrogens (tertiary/aromatic N) is 4. The van der Waals surface area contributed by atoms with Crippen molar-refractivity contribution in [2.45, 2.75) is 27.3 Å². The van der Waals surface area contributed by atoms with Crippen molar-refractivity contribution in [1.82, 2.24) is 14.7 Å². The summed E-state index contributed by atoms with van der Waals surface area (Å²) < 4.78 is 20.9. The van der Waals surface area contributed by atoms with E-state index in [-0.39, 0.29) is 17.7 Å². The Kier molecular flexibility index (Phi) is 7.61. The fourth-order valence-electron chi connectivity index (χ4n) is 4.75. The van der Waals surface area contributed by atoms with Gasteiger partial charge in [0.15, 0.2) is 0 Å². The first-order valence-electron chi connectivity index (χ1n) is 13.1. The Morgan fingerprint density at radius 1 is 1.00 bits per heavy atom. The van der Waals surface area contributed by atoms with Gasteiger partial charge >= 0.3 is 0 Å². The molecule has 41 heavy (non-hydrogen) atoms. The van der Waals surface area contributed by atoms with Crippen LogP contribution in [0.3, 0.4) is 0 Å². The average molecular weight is 547 g/mol. The van der Waals surface area contributed by atoms with E-state index in [1.165, 1.54) is 24.3 Å². The van der Waals surface area contributed by atoms with Crippen molar-refractivity contribution in [2.24, 2.45) is 0 Å². The molecule has 1 aromatic heterocycles. The van der Waals surface area contributed by atoms with Crippen LogP contribution in [0.1, 0.15) is 30.5 Å². The van der Waals surface area contributed by atoms with Crippen molar-refractivity contribution < 1.29 is 18.7 Å². The van der Waals surface area contributed by atoms with Gasteiger partial charge in [-0.15, -0.1) is 0 Å². The zero-order valence-corrected chi connectivity index (χ0v) is 22.9. The molecule has 0 aliphatic carbocycles. The summed E-state index contributed by atoms with van der Waals surface area (Å²) in [4.78, 5) is 27.9. The summed E-state index contributed by atoms with van der Waals surface area (Å²) in [5.41, 5.74) is 4.77. The lowest BCUT2D eigenvalue weighted by atomic mass is 9.93. The van der Waals surface area contributed by atoms with E-state index in [0.29, 0.717) is 29.0 Å². The molecule has 0 saturated heterocycles. The Labute approximate surface area is 237 Å². The van der Waals surface area contributed by atoms with E-state index < -0.39 is 17.6 Å². The van der Waals surface area contributed by atoms with Crippen molar-refractivity contribution >= 4 is 17.9 Å². The summed E-state index contributed by atoms with van der Waals surface area (Å²) in [5, 5.41) is 14.7. The van der Waals surface area contributed by atoms with Gasteiger partial charge in [-0.3, -0.25) is 14.5 Å². The van der Waals surface area contributed by atoms with Gasteiger partial charge in [-0.05, 0) is 86.0 Å². The van der Waals surface area contributed by atoms with Gasteiger partial charge in [0.25, 0.3) is 11.8 Å². The topological polar surface area (TPSA) is 88.2 Å². The number of nitriles is 1. The zero-order chi connectivity index (χ0) is 29.1. The molecule has 7 nitrogen and oxygen atoms in total. The molecule has 1 aliphatic heterocycles. The monoisotopic (exact) mass is 546 g/mol. The summed E-state index contributed by atoms with van der Waals surface area (Å²) in [5.74, 6) is -0.879. The highest BCUT2D eigenvalue weighted by atomic mass is 19.1. The highest BCUT2D eigenvalue weighted by Gasteiger charge is 2.35. The van der Waals surface area contributed by atoms with Crippen LogP contribution in [0.5, 0.6) is 5.75 Å². The van der Waals surface area contributed by atoms with Gasteiger partial charge in [0.05, 0.1) is 24.5 Å². The molecule has 0 saturated carbocycles. The number of para-hydroxylation sites is 1. The minimum absolute atomic E-state index is 0.0953. The van der Waals surface area contributed by atoms with E-state index in [1.54, 1.807) is 17.7 Å². The van der Waals surface area contributed by atoms with Crippen LogP contribution in [0.4, 0.5) is 4.39 Å². The molecule has 8 heteroatoms. The van der Waals surface area contributed by atoms with E-state index in [4.69, 9.17) is 9.84 Å². The third-order valence-electron chi connectivity index (χ3n) is 6.89. The predicted molar refractivity (Wildman–Crippen MR) is 153 cm³/mol. The second-order valence-electron chi connectivity index (χ2n) is 9.62. The van der Waals surface area contributed by atoms with E-state index in [9.17, 15) is 19.2 Å². The molecule has 4 aromatic rings. The fourth-order valence-corrected chi connectivity index (χ4v) is 4.75. The van der Waals surface area contributed by atoms with Crippen LogP contribution in [-0.2, 0) is 16.1 Å². The molecule has 5 rings (SSSR count). The number of hydrogen-bond acceptors (Lipinski definition) is 5. The Morgan fingerprint density at radius 3 is 2.39 bits per heavy atom. The molecule has 0 spiro atoms. The van der Waals surface area contributed by atoms with Crippen molar-refractivity contribution in [3.63, 3.8) is 0 Å². The summed E-state index contributed by atoms with van der Waals surface area (Å²) in [6.07, 6.45) is 3.49. The smallest absolute Gasteiger partial charge is 0.271 e. The minimum Gasteiger partial charge on any atom is -0.494 e. The van der Waals surface area contributed by atoms with Crippen LogP contribution in [0.25, 0.3) is 23.0 Å². The first kappa shape index (κ1) is 27.3. The SMILES string of the molecule is CCOc1ccc(-c2nn(-c3ccccc3)cc2/C=C2/C(=O)N(Cc3ccc(F)cc3)C(=O)C(C#N)=C2C)cc1C. The zero-order valence-electron chi connectivity index (χ0n) is 22.9. The highest BCUT2D eigenvalue weighted by Crippen LogP contribution is 2.33. The molecule has 0 fully saturated rings. The van der Waals surface area contributed by atoms with Gasteiger partial charge in [-0.25, -0.2) is 9.07 Å². The van der Waals surface area contributed by atoms with E-state index in [2.05, 4.69) is 0 Å². The van der Waals surface area contributed by atoms with E-state index in [0.717, 1.165) is 27.5 Å². The first-order valence-corrected chi connectivity index (χ1v) is 13.1. The van der Waals surface area contributed by atoms with Gasteiger partial charge in [-0.2, -0.15) is 10.4 Å². The van der Waals surface area contributed by atoms with Crippen LogP contribution in [0, 0.1) is 24.1 Å². The molecule has 2 heterocycles. The number of carbonyl (C=O) groups is 2. The number of carbonyl (C=O) groups excluding carboxylic acids is 2. The number of aromatic nitrogens is 2. The van der Waals surface area contributed by atoms with Crippen molar-refractivity contribution in [3.05, 3.63) is 118 Å². The molecule has 2 amide bonds. The number of benzene rings is 3. The summed E-state index contributed by atoms with van der Waals surface area (Å²) in [6.45, 7) is 5.92. The molecule has 0 unspecified atom stereocenters. The average Bonchev–Trinajstić information content (AvgIpc) is 3.40. The van der Waals surface area contributed by atoms with E-state index >= 15 is 0 Å². The fraction of sp³-hybridized carbons (Fsp3) is 0.152. The third-order valence-corrected chi connectivity index (χ3v) is 6.89. The molecule has 204 valence electrons. The molecular weight excluding hydrogens is 519 g/mol. The normalized spacial score (nSPS) is 14.5. The minimum atomic E-state index is -0.682. The lowest BCUT2D eigenvalue weighted by molar-refractivity contribution is -0.141. The molecule has 3 aromatic carbocycles. The lowest BCUT2D eigenvalue weighted by Crippen LogP contribution is -2.42. The lowest BCUT2D eigenvalue weighted by Gasteiger charge is -2.27. The number of halogens is 1. The number of ether oxygens (including phenoxy) is 1. The first-order chi connectivity index (χ1) is 19.8. The van der Waals surface area contributed by atoms with Gasteiger partial charge in [-0.1, -0.05) is 30.3 Å². The predicted octanol–water partition coefficient (Wildman–Crippen LogP) is 6.18. The third kappa shape index (κ3) is 5.43. The number of aryl methyl sites for hydroxylation is 1.